The van der Waals surface area contributed by atoms with E-state index in [1.165, 1.54) is 18.2 Å². The highest BCUT2D eigenvalue weighted by Gasteiger charge is 2.28. The van der Waals surface area contributed by atoms with E-state index >= 15 is 0 Å². The number of rotatable bonds is 10. The zero-order valence-electron chi connectivity index (χ0n) is 19.7. The van der Waals surface area contributed by atoms with Gasteiger partial charge in [0.1, 0.15) is 6.04 Å². The summed E-state index contributed by atoms with van der Waals surface area (Å²) in [6, 6.07) is 3.44. The summed E-state index contributed by atoms with van der Waals surface area (Å²) in [5.74, 6) is 0.970. The fourth-order valence-electron chi connectivity index (χ4n) is 3.76. The fraction of sp³-hybridized carbons (Fsp3) is 0.652. The smallest absolute Gasteiger partial charge is 0.328 e. The van der Waals surface area contributed by atoms with E-state index in [1.54, 1.807) is 14.2 Å². The Morgan fingerprint density at radius 1 is 1.03 bits per heavy atom. The Labute approximate surface area is 185 Å². The van der Waals surface area contributed by atoms with Gasteiger partial charge in [-0.2, -0.15) is 0 Å². The van der Waals surface area contributed by atoms with Gasteiger partial charge in [0.2, 0.25) is 5.91 Å². The van der Waals surface area contributed by atoms with Gasteiger partial charge in [0.15, 0.2) is 11.5 Å². The molecule has 1 heterocycles. The molecule has 1 N–H and O–H groups in total. The van der Waals surface area contributed by atoms with Crippen LogP contribution >= 0.6 is 0 Å². The van der Waals surface area contributed by atoms with Gasteiger partial charge in [0.25, 0.3) is 0 Å². The largest absolute Gasteiger partial charge is 0.493 e. The zero-order valence-corrected chi connectivity index (χ0v) is 19.7. The van der Waals surface area contributed by atoms with Crippen LogP contribution in [0.25, 0.3) is 0 Å². The highest BCUT2D eigenvalue weighted by atomic mass is 16.5. The van der Waals surface area contributed by atoms with Crippen molar-refractivity contribution < 1.29 is 23.8 Å². The normalized spacial score (nSPS) is 17.0. The molecule has 1 aliphatic heterocycles. The third-order valence-corrected chi connectivity index (χ3v) is 6.05. The minimum atomic E-state index is -0.600. The van der Waals surface area contributed by atoms with Crippen LogP contribution in [0.5, 0.6) is 11.5 Å². The molecule has 0 aliphatic carbocycles. The number of nitrogens with zero attached hydrogens (tertiary/aromatic N) is 2. The molecule has 8 heteroatoms. The van der Waals surface area contributed by atoms with Gasteiger partial charge >= 0.3 is 5.97 Å². The van der Waals surface area contributed by atoms with Gasteiger partial charge in [0.05, 0.1) is 27.9 Å². The van der Waals surface area contributed by atoms with E-state index in [2.05, 4.69) is 22.0 Å². The minimum absolute atomic E-state index is 0.0259. The van der Waals surface area contributed by atoms with Crippen molar-refractivity contribution in [3.05, 3.63) is 23.3 Å². The number of methoxy groups -OCH3 is 3. The standard InChI is InChI=1S/C23H37N3O5/c1-7-16(2)22(23(28)31-6)24-21(27)15-26-10-8-25(9-11-26)14-18-13-20(30-5)19(29-4)12-17(18)3/h12-13,16,22H,7-11,14-15H2,1-6H3,(H,24,27)/t16-,22-/m1/s1. The lowest BCUT2D eigenvalue weighted by Gasteiger charge is -2.35. The molecule has 1 aromatic rings. The summed E-state index contributed by atoms with van der Waals surface area (Å²) in [6.45, 7) is 10.4. The average molecular weight is 436 g/mol. The summed E-state index contributed by atoms with van der Waals surface area (Å²) in [5.41, 5.74) is 2.37. The van der Waals surface area contributed by atoms with Gasteiger partial charge in [-0.25, -0.2) is 4.79 Å². The van der Waals surface area contributed by atoms with Crippen molar-refractivity contribution in [1.29, 1.82) is 0 Å². The third-order valence-electron chi connectivity index (χ3n) is 6.05. The molecule has 2 rings (SSSR count). The summed E-state index contributed by atoms with van der Waals surface area (Å²) in [7, 11) is 4.64. The summed E-state index contributed by atoms with van der Waals surface area (Å²) in [5, 5.41) is 2.85. The third kappa shape index (κ3) is 6.83. The average Bonchev–Trinajstić information content (AvgIpc) is 2.78. The Morgan fingerprint density at radius 3 is 2.16 bits per heavy atom. The first kappa shape index (κ1) is 24.9. The van der Waals surface area contributed by atoms with Crippen molar-refractivity contribution in [3.8, 4) is 11.5 Å². The van der Waals surface area contributed by atoms with Crippen LogP contribution in [0.3, 0.4) is 0 Å². The topological polar surface area (TPSA) is 80.3 Å². The van der Waals surface area contributed by atoms with E-state index in [9.17, 15) is 9.59 Å². The Hall–Kier alpha value is -2.32. The number of ether oxygens (including phenoxy) is 3. The summed E-state index contributed by atoms with van der Waals surface area (Å²) < 4.78 is 15.7. The van der Waals surface area contributed by atoms with Crippen LogP contribution in [-0.2, 0) is 20.9 Å². The van der Waals surface area contributed by atoms with Gasteiger partial charge in [-0.3, -0.25) is 14.6 Å². The van der Waals surface area contributed by atoms with E-state index in [0.717, 1.165) is 50.6 Å². The maximum Gasteiger partial charge on any atom is 0.328 e. The molecule has 0 radical (unpaired) electrons. The minimum Gasteiger partial charge on any atom is -0.493 e. The Kier molecular flexibility index (Phi) is 9.58. The monoisotopic (exact) mass is 435 g/mol. The Balaban J connectivity index is 1.87. The molecule has 1 amide bonds. The lowest BCUT2D eigenvalue weighted by Crippen LogP contribution is -2.52. The molecular weight excluding hydrogens is 398 g/mol. The van der Waals surface area contributed by atoms with Crippen LogP contribution in [0.1, 0.15) is 31.4 Å². The number of benzene rings is 1. The molecular formula is C23H37N3O5. The zero-order chi connectivity index (χ0) is 23.0. The van der Waals surface area contributed by atoms with Crippen molar-refractivity contribution in [2.75, 3.05) is 54.1 Å². The maximum atomic E-state index is 12.5. The van der Waals surface area contributed by atoms with E-state index in [0.29, 0.717) is 0 Å². The number of aryl methyl sites for hydroxylation is 1. The summed E-state index contributed by atoms with van der Waals surface area (Å²) >= 11 is 0. The van der Waals surface area contributed by atoms with E-state index in [-0.39, 0.29) is 18.4 Å². The van der Waals surface area contributed by atoms with E-state index in [1.807, 2.05) is 26.0 Å². The molecule has 1 aromatic carbocycles. The molecule has 1 fully saturated rings. The quantitative estimate of drug-likeness (QED) is 0.562. The van der Waals surface area contributed by atoms with Crippen LogP contribution in [0, 0.1) is 12.8 Å². The number of hydrogen-bond acceptors (Lipinski definition) is 7. The lowest BCUT2D eigenvalue weighted by molar-refractivity contribution is -0.146. The Bertz CT molecular complexity index is 747. The van der Waals surface area contributed by atoms with Crippen LogP contribution in [-0.4, -0.2) is 81.8 Å². The summed E-state index contributed by atoms with van der Waals surface area (Å²) in [6.07, 6.45) is 0.786. The number of carbonyl (C=O) groups excluding carboxylic acids is 2. The molecule has 31 heavy (non-hydrogen) atoms. The molecule has 1 aliphatic rings. The number of piperazine rings is 1. The second-order valence-electron chi connectivity index (χ2n) is 8.14. The molecule has 8 nitrogen and oxygen atoms in total. The second-order valence-corrected chi connectivity index (χ2v) is 8.14. The van der Waals surface area contributed by atoms with Crippen molar-refractivity contribution in [1.82, 2.24) is 15.1 Å². The number of carbonyl (C=O) groups is 2. The summed E-state index contributed by atoms with van der Waals surface area (Å²) in [4.78, 5) is 29.0. The fourth-order valence-corrected chi connectivity index (χ4v) is 3.76. The molecule has 0 aromatic heterocycles. The van der Waals surface area contributed by atoms with Gasteiger partial charge in [-0.1, -0.05) is 20.3 Å². The van der Waals surface area contributed by atoms with Crippen molar-refractivity contribution in [2.45, 2.75) is 39.8 Å². The molecule has 174 valence electrons. The first-order valence-electron chi connectivity index (χ1n) is 10.9. The number of hydrogen-bond donors (Lipinski definition) is 1. The van der Waals surface area contributed by atoms with Crippen LogP contribution in [0.2, 0.25) is 0 Å². The first-order chi connectivity index (χ1) is 14.8. The van der Waals surface area contributed by atoms with Crippen molar-refractivity contribution >= 4 is 11.9 Å². The van der Waals surface area contributed by atoms with Crippen LogP contribution in [0.4, 0.5) is 0 Å². The molecule has 1 saturated heterocycles. The van der Waals surface area contributed by atoms with Gasteiger partial charge in [0, 0.05) is 32.7 Å². The highest BCUT2D eigenvalue weighted by Crippen LogP contribution is 2.31. The van der Waals surface area contributed by atoms with Crippen LogP contribution < -0.4 is 14.8 Å². The SMILES string of the molecule is CC[C@@H](C)[C@@H](NC(=O)CN1CCN(Cc2cc(OC)c(OC)cc2C)CC1)C(=O)OC. The first-order valence-corrected chi connectivity index (χ1v) is 10.9. The predicted octanol–water partition coefficient (Wildman–Crippen LogP) is 1.83. The molecule has 0 saturated carbocycles. The Morgan fingerprint density at radius 2 is 1.61 bits per heavy atom. The lowest BCUT2D eigenvalue weighted by atomic mass is 9.99. The van der Waals surface area contributed by atoms with E-state index in [4.69, 9.17) is 14.2 Å². The predicted molar refractivity (Wildman–Crippen MR) is 119 cm³/mol. The number of nitrogens with one attached hydrogen (secondary N) is 1. The van der Waals surface area contributed by atoms with Crippen LogP contribution in [0.15, 0.2) is 12.1 Å². The molecule has 0 bridgehead atoms. The van der Waals surface area contributed by atoms with E-state index < -0.39 is 12.0 Å². The van der Waals surface area contributed by atoms with Crippen molar-refractivity contribution in [3.63, 3.8) is 0 Å². The van der Waals surface area contributed by atoms with Gasteiger partial charge in [-0.15, -0.1) is 0 Å². The second kappa shape index (κ2) is 11.9. The molecule has 0 spiro atoms. The van der Waals surface area contributed by atoms with Gasteiger partial charge in [-0.05, 0) is 36.1 Å². The maximum absolute atomic E-state index is 12.5. The molecule has 0 unspecified atom stereocenters. The number of amides is 1. The van der Waals surface area contributed by atoms with Crippen molar-refractivity contribution in [2.24, 2.45) is 5.92 Å². The molecule has 2 atom stereocenters. The van der Waals surface area contributed by atoms with Gasteiger partial charge < -0.3 is 19.5 Å². The number of esters is 1. The highest BCUT2D eigenvalue weighted by molar-refractivity contribution is 5.85.